The molecule has 3 N–H and O–H groups in total. The summed E-state index contributed by atoms with van der Waals surface area (Å²) in [6.07, 6.45) is 0. The molecule has 1 atom stereocenters. The molecule has 92 valence electrons. The van der Waals surface area contributed by atoms with E-state index in [1.165, 1.54) is 11.3 Å². The first-order valence-corrected chi connectivity index (χ1v) is 7.99. The number of nitrogens with two attached hydrogens (primary N) is 1. The molecule has 0 aliphatic heterocycles. The second-order valence-electron chi connectivity index (χ2n) is 3.76. The van der Waals surface area contributed by atoms with Crippen molar-refractivity contribution in [2.45, 2.75) is 24.1 Å². The van der Waals surface area contributed by atoms with Gasteiger partial charge in [-0.15, -0.1) is 11.3 Å². The lowest BCUT2D eigenvalue weighted by Gasteiger charge is -2.19. The fourth-order valence-electron chi connectivity index (χ4n) is 1.18. The van der Waals surface area contributed by atoms with Gasteiger partial charge in [0.2, 0.25) is 0 Å². The topological polar surface area (TPSA) is 72.2 Å². The Kier molecular flexibility index (Phi) is 4.93. The summed E-state index contributed by atoms with van der Waals surface area (Å²) in [4.78, 5) is 0. The first kappa shape index (κ1) is 14.1. The van der Waals surface area contributed by atoms with Crippen LogP contribution in [0.2, 0.25) is 0 Å². The number of thiophene rings is 1. The summed E-state index contributed by atoms with van der Waals surface area (Å²) in [7, 11) is -3.46. The van der Waals surface area contributed by atoms with E-state index in [9.17, 15) is 8.42 Å². The van der Waals surface area contributed by atoms with E-state index in [2.05, 4.69) is 20.7 Å². The van der Waals surface area contributed by atoms with Crippen LogP contribution in [-0.4, -0.2) is 21.0 Å². The van der Waals surface area contributed by atoms with Crippen LogP contribution >= 0.6 is 27.3 Å². The molecule has 4 nitrogen and oxygen atoms in total. The van der Waals surface area contributed by atoms with Gasteiger partial charge in [0.15, 0.2) is 0 Å². The summed E-state index contributed by atoms with van der Waals surface area (Å²) in [6, 6.07) is 1.48. The van der Waals surface area contributed by atoms with Crippen LogP contribution in [0.1, 0.15) is 13.8 Å². The predicted molar refractivity (Wildman–Crippen MR) is 70.0 cm³/mol. The second kappa shape index (κ2) is 5.59. The Bertz CT molecular complexity index is 442. The lowest BCUT2D eigenvalue weighted by Crippen LogP contribution is -2.43. The van der Waals surface area contributed by atoms with Gasteiger partial charge in [0.25, 0.3) is 10.0 Å². The van der Waals surface area contributed by atoms with E-state index in [1.54, 1.807) is 11.4 Å². The molecule has 16 heavy (non-hydrogen) atoms. The summed E-state index contributed by atoms with van der Waals surface area (Å²) < 4.78 is 27.5. The smallest absolute Gasteiger partial charge is 0.251 e. The number of hydrogen-bond acceptors (Lipinski definition) is 4. The van der Waals surface area contributed by atoms with Crippen LogP contribution < -0.4 is 10.5 Å². The van der Waals surface area contributed by atoms with Crippen molar-refractivity contribution in [3.05, 3.63) is 15.9 Å². The van der Waals surface area contributed by atoms with E-state index < -0.39 is 10.0 Å². The standard InChI is InChI=1S/C9H15BrN2O2S2/c1-6(2)8(5-11)12-16(13,14)9-7(10)3-4-15-9/h3-4,6,8,12H,5,11H2,1-2H3. The van der Waals surface area contributed by atoms with Crippen molar-refractivity contribution in [3.63, 3.8) is 0 Å². The molecule has 0 amide bonds. The predicted octanol–water partition coefficient (Wildman–Crippen LogP) is 1.77. The highest BCUT2D eigenvalue weighted by atomic mass is 79.9. The van der Waals surface area contributed by atoms with Crippen LogP contribution in [0, 0.1) is 5.92 Å². The highest BCUT2D eigenvalue weighted by molar-refractivity contribution is 9.10. The Morgan fingerprint density at radius 3 is 2.56 bits per heavy atom. The van der Waals surface area contributed by atoms with Crippen molar-refractivity contribution in [1.29, 1.82) is 0 Å². The molecule has 1 aromatic heterocycles. The SMILES string of the molecule is CC(C)C(CN)NS(=O)(=O)c1sccc1Br. The fraction of sp³-hybridized carbons (Fsp3) is 0.556. The maximum atomic E-state index is 12.0. The van der Waals surface area contributed by atoms with Crippen molar-refractivity contribution < 1.29 is 8.42 Å². The van der Waals surface area contributed by atoms with Crippen molar-refractivity contribution in [2.75, 3.05) is 6.54 Å². The highest BCUT2D eigenvalue weighted by Gasteiger charge is 2.24. The van der Waals surface area contributed by atoms with Gasteiger partial charge in [-0.1, -0.05) is 13.8 Å². The molecule has 0 saturated carbocycles. The van der Waals surface area contributed by atoms with Crippen molar-refractivity contribution in [3.8, 4) is 0 Å². The number of sulfonamides is 1. The maximum absolute atomic E-state index is 12.0. The van der Waals surface area contributed by atoms with Crippen LogP contribution in [0.15, 0.2) is 20.1 Å². The van der Waals surface area contributed by atoms with Gasteiger partial charge in [0.1, 0.15) is 4.21 Å². The Labute approximate surface area is 108 Å². The zero-order chi connectivity index (χ0) is 12.3. The van der Waals surface area contributed by atoms with E-state index >= 15 is 0 Å². The van der Waals surface area contributed by atoms with Gasteiger partial charge in [-0.3, -0.25) is 0 Å². The molecule has 0 spiro atoms. The van der Waals surface area contributed by atoms with Gasteiger partial charge in [0.05, 0.1) is 0 Å². The molecular weight excluding hydrogens is 312 g/mol. The van der Waals surface area contributed by atoms with Gasteiger partial charge in [-0.25, -0.2) is 13.1 Å². The summed E-state index contributed by atoms with van der Waals surface area (Å²) in [5, 5.41) is 1.73. The minimum atomic E-state index is -3.46. The minimum absolute atomic E-state index is 0.165. The molecule has 0 radical (unpaired) electrons. The molecule has 0 fully saturated rings. The molecule has 7 heteroatoms. The van der Waals surface area contributed by atoms with Crippen LogP contribution in [0.4, 0.5) is 0 Å². The molecule has 0 aliphatic rings. The maximum Gasteiger partial charge on any atom is 0.251 e. The van der Waals surface area contributed by atoms with E-state index in [0.29, 0.717) is 15.2 Å². The van der Waals surface area contributed by atoms with E-state index in [4.69, 9.17) is 5.73 Å². The summed E-state index contributed by atoms with van der Waals surface area (Å²) in [5.41, 5.74) is 5.54. The molecule has 0 saturated heterocycles. The molecule has 0 bridgehead atoms. The van der Waals surface area contributed by atoms with Crippen LogP contribution in [0.3, 0.4) is 0 Å². The van der Waals surface area contributed by atoms with E-state index in [-0.39, 0.29) is 12.0 Å². The average molecular weight is 327 g/mol. The largest absolute Gasteiger partial charge is 0.329 e. The Morgan fingerprint density at radius 2 is 2.19 bits per heavy atom. The molecule has 1 heterocycles. The average Bonchev–Trinajstić information content (AvgIpc) is 2.61. The lowest BCUT2D eigenvalue weighted by molar-refractivity contribution is 0.455. The first-order chi connectivity index (χ1) is 7.38. The molecule has 1 unspecified atom stereocenters. The van der Waals surface area contributed by atoms with Crippen molar-refractivity contribution >= 4 is 37.3 Å². The quantitative estimate of drug-likeness (QED) is 0.866. The van der Waals surface area contributed by atoms with Gasteiger partial charge in [-0.05, 0) is 33.3 Å². The van der Waals surface area contributed by atoms with Gasteiger partial charge >= 0.3 is 0 Å². The molecule has 0 aromatic carbocycles. The van der Waals surface area contributed by atoms with Crippen molar-refractivity contribution in [1.82, 2.24) is 4.72 Å². The first-order valence-electron chi connectivity index (χ1n) is 4.84. The highest BCUT2D eigenvalue weighted by Crippen LogP contribution is 2.27. The normalized spacial score (nSPS) is 14.3. The van der Waals surface area contributed by atoms with E-state index in [1.807, 2.05) is 13.8 Å². The van der Waals surface area contributed by atoms with Gasteiger partial charge in [0, 0.05) is 17.1 Å². The van der Waals surface area contributed by atoms with Gasteiger partial charge in [-0.2, -0.15) is 0 Å². The molecule has 1 aromatic rings. The third-order valence-corrected chi connectivity index (χ3v) is 6.35. The monoisotopic (exact) mass is 326 g/mol. The fourth-order valence-corrected chi connectivity index (χ4v) is 4.93. The minimum Gasteiger partial charge on any atom is -0.329 e. The molecular formula is C9H15BrN2O2S2. The summed E-state index contributed by atoms with van der Waals surface area (Å²) in [5.74, 6) is 0.165. The van der Waals surface area contributed by atoms with Crippen LogP contribution in [0.25, 0.3) is 0 Å². The molecule has 0 aliphatic carbocycles. The van der Waals surface area contributed by atoms with Crippen LogP contribution in [-0.2, 0) is 10.0 Å². The van der Waals surface area contributed by atoms with Gasteiger partial charge < -0.3 is 5.73 Å². The molecule has 1 rings (SSSR count). The zero-order valence-electron chi connectivity index (χ0n) is 9.10. The Hall–Kier alpha value is 0.0500. The summed E-state index contributed by atoms with van der Waals surface area (Å²) >= 11 is 4.39. The number of nitrogens with one attached hydrogen (secondary N) is 1. The Morgan fingerprint density at radius 1 is 1.56 bits per heavy atom. The number of hydrogen-bond donors (Lipinski definition) is 2. The number of halogens is 1. The number of rotatable bonds is 5. The third-order valence-electron chi connectivity index (χ3n) is 2.19. The Balaban J connectivity index is 2.92. The summed E-state index contributed by atoms with van der Waals surface area (Å²) in [6.45, 7) is 4.16. The van der Waals surface area contributed by atoms with Crippen LogP contribution in [0.5, 0.6) is 0 Å². The third kappa shape index (κ3) is 3.27. The van der Waals surface area contributed by atoms with Crippen molar-refractivity contribution in [2.24, 2.45) is 11.7 Å². The lowest BCUT2D eigenvalue weighted by atomic mass is 10.1. The zero-order valence-corrected chi connectivity index (χ0v) is 12.3. The van der Waals surface area contributed by atoms with E-state index in [0.717, 1.165) is 0 Å². The second-order valence-corrected chi connectivity index (χ2v) is 7.44.